The smallest absolute Gasteiger partial charge is 0.335 e. The van der Waals surface area contributed by atoms with Crippen LogP contribution in [0.5, 0.6) is 11.5 Å². The fourth-order valence-electron chi connectivity index (χ4n) is 6.10. The first-order valence-electron chi connectivity index (χ1n) is 9.83. The zero-order valence-electron chi connectivity index (χ0n) is 15.2. The standard InChI is InChI=1S/C22H20BrNO4/c23-15-8-18-17(27-9-28-18)7-13(15)21-20-11-2-1-10(5-11)19(20)14-6-12(22(25)26)3-4-16(14)24-21/h3-4,6-8,10-11,19-21,24H,1-2,5,9H2,(H,25,26)/t10-,11-,19-,20-,21+/m0/s1. The zero-order chi connectivity index (χ0) is 19.0. The Bertz CT molecular complexity index is 1010. The highest BCUT2D eigenvalue weighted by atomic mass is 79.9. The monoisotopic (exact) mass is 441 g/mol. The summed E-state index contributed by atoms with van der Waals surface area (Å²) in [6, 6.07) is 9.82. The van der Waals surface area contributed by atoms with Crippen molar-refractivity contribution in [1.29, 1.82) is 0 Å². The Labute approximate surface area is 171 Å². The highest BCUT2D eigenvalue weighted by Gasteiger charge is 2.54. The number of hydrogen-bond donors (Lipinski definition) is 2. The second-order valence-corrected chi connectivity index (χ2v) is 9.25. The molecule has 2 aliphatic carbocycles. The first kappa shape index (κ1) is 16.7. The molecule has 4 aliphatic rings. The molecule has 6 heteroatoms. The molecule has 6 rings (SSSR count). The fourth-order valence-corrected chi connectivity index (χ4v) is 6.67. The van der Waals surface area contributed by atoms with Gasteiger partial charge in [-0.3, -0.25) is 0 Å². The summed E-state index contributed by atoms with van der Waals surface area (Å²) in [5.74, 6) is 2.92. The Balaban J connectivity index is 1.49. The summed E-state index contributed by atoms with van der Waals surface area (Å²) in [4.78, 5) is 11.5. The number of fused-ring (bicyclic) bond motifs is 8. The maximum absolute atomic E-state index is 11.5. The van der Waals surface area contributed by atoms with Gasteiger partial charge in [0.25, 0.3) is 0 Å². The molecule has 0 spiro atoms. The van der Waals surface area contributed by atoms with Crippen LogP contribution in [-0.2, 0) is 0 Å². The maximum Gasteiger partial charge on any atom is 0.335 e. The van der Waals surface area contributed by atoms with Crippen molar-refractivity contribution in [3.63, 3.8) is 0 Å². The summed E-state index contributed by atoms with van der Waals surface area (Å²) >= 11 is 3.75. The third-order valence-electron chi connectivity index (χ3n) is 7.16. The van der Waals surface area contributed by atoms with E-state index >= 15 is 0 Å². The topological polar surface area (TPSA) is 67.8 Å². The predicted molar refractivity (Wildman–Crippen MR) is 107 cm³/mol. The largest absolute Gasteiger partial charge is 0.478 e. The Morgan fingerprint density at radius 2 is 1.86 bits per heavy atom. The van der Waals surface area contributed by atoms with E-state index in [1.807, 2.05) is 18.2 Å². The van der Waals surface area contributed by atoms with Crippen LogP contribution in [0.15, 0.2) is 34.8 Å². The minimum Gasteiger partial charge on any atom is -0.478 e. The molecule has 28 heavy (non-hydrogen) atoms. The minimum absolute atomic E-state index is 0.173. The molecular weight excluding hydrogens is 422 g/mol. The number of ether oxygens (including phenoxy) is 2. The van der Waals surface area contributed by atoms with Crippen molar-refractivity contribution in [2.24, 2.45) is 17.8 Å². The van der Waals surface area contributed by atoms with Crippen LogP contribution < -0.4 is 14.8 Å². The molecule has 0 amide bonds. The van der Waals surface area contributed by atoms with Crippen LogP contribution in [0.1, 0.15) is 52.7 Å². The van der Waals surface area contributed by atoms with Crippen LogP contribution >= 0.6 is 15.9 Å². The molecule has 5 atom stereocenters. The van der Waals surface area contributed by atoms with Gasteiger partial charge in [-0.1, -0.05) is 15.9 Å². The van der Waals surface area contributed by atoms with Crippen molar-refractivity contribution in [3.8, 4) is 11.5 Å². The van der Waals surface area contributed by atoms with Crippen LogP contribution in [-0.4, -0.2) is 17.9 Å². The molecule has 0 radical (unpaired) electrons. The number of rotatable bonds is 2. The Morgan fingerprint density at radius 3 is 2.68 bits per heavy atom. The first-order chi connectivity index (χ1) is 13.6. The van der Waals surface area contributed by atoms with Gasteiger partial charge in [0.2, 0.25) is 6.79 Å². The molecule has 0 saturated heterocycles. The van der Waals surface area contributed by atoms with E-state index in [4.69, 9.17) is 9.47 Å². The number of carboxylic acid groups (broad SMARTS) is 1. The van der Waals surface area contributed by atoms with Gasteiger partial charge in [0.1, 0.15) is 0 Å². The van der Waals surface area contributed by atoms with Crippen molar-refractivity contribution in [3.05, 3.63) is 51.5 Å². The van der Waals surface area contributed by atoms with Crippen molar-refractivity contribution >= 4 is 27.6 Å². The Morgan fingerprint density at radius 1 is 1.07 bits per heavy atom. The average molecular weight is 442 g/mol. The molecule has 2 heterocycles. The second-order valence-electron chi connectivity index (χ2n) is 8.39. The lowest BCUT2D eigenvalue weighted by Gasteiger charge is -2.44. The summed E-state index contributed by atoms with van der Waals surface area (Å²) in [5, 5.41) is 13.2. The lowest BCUT2D eigenvalue weighted by Crippen LogP contribution is -2.35. The minimum atomic E-state index is -0.858. The van der Waals surface area contributed by atoms with Gasteiger partial charge in [-0.2, -0.15) is 0 Å². The van der Waals surface area contributed by atoms with Crippen molar-refractivity contribution in [2.45, 2.75) is 31.2 Å². The first-order valence-corrected chi connectivity index (χ1v) is 10.6. The van der Waals surface area contributed by atoms with E-state index in [9.17, 15) is 9.90 Å². The number of nitrogens with one attached hydrogen (secondary N) is 1. The third-order valence-corrected chi connectivity index (χ3v) is 7.85. The summed E-state index contributed by atoms with van der Waals surface area (Å²) in [6.45, 7) is 0.265. The summed E-state index contributed by atoms with van der Waals surface area (Å²) in [5.41, 5.74) is 3.82. The van der Waals surface area contributed by atoms with Crippen molar-refractivity contribution in [1.82, 2.24) is 0 Å². The molecule has 2 bridgehead atoms. The molecule has 2 N–H and O–H groups in total. The summed E-state index contributed by atoms with van der Waals surface area (Å²) < 4.78 is 12.2. The van der Waals surface area contributed by atoms with Gasteiger partial charge in [-0.05, 0) is 84.4 Å². The van der Waals surface area contributed by atoms with E-state index in [0.717, 1.165) is 21.7 Å². The van der Waals surface area contributed by atoms with Crippen LogP contribution in [0.4, 0.5) is 5.69 Å². The number of benzene rings is 2. The van der Waals surface area contributed by atoms with Crippen molar-refractivity contribution < 1.29 is 19.4 Å². The third kappa shape index (κ3) is 2.27. The molecule has 0 unspecified atom stereocenters. The SMILES string of the molecule is O=C(O)c1ccc2c(c1)[C@@H]1[C@H]3CC[C@@H](C3)[C@@H]1[C@@H](c1cc3c(cc1Br)OCO3)N2. The number of halogens is 1. The van der Waals surface area contributed by atoms with E-state index in [0.29, 0.717) is 29.2 Å². The lowest BCUT2D eigenvalue weighted by molar-refractivity contribution is 0.0696. The van der Waals surface area contributed by atoms with E-state index in [1.165, 1.54) is 30.4 Å². The van der Waals surface area contributed by atoms with Crippen LogP contribution in [0, 0.1) is 17.8 Å². The zero-order valence-corrected chi connectivity index (χ0v) is 16.7. The number of anilines is 1. The normalized spacial score (nSPS) is 31.2. The number of carbonyl (C=O) groups is 1. The Hall–Kier alpha value is -2.21. The highest BCUT2D eigenvalue weighted by Crippen LogP contribution is 2.64. The number of hydrogen-bond acceptors (Lipinski definition) is 4. The van der Waals surface area contributed by atoms with Crippen LogP contribution in [0.2, 0.25) is 0 Å². The average Bonchev–Trinajstić information content (AvgIpc) is 3.42. The molecule has 2 fully saturated rings. The van der Waals surface area contributed by atoms with E-state index < -0.39 is 5.97 Å². The van der Waals surface area contributed by atoms with Gasteiger partial charge in [0.15, 0.2) is 11.5 Å². The number of carboxylic acids is 1. The molecule has 2 aromatic carbocycles. The highest BCUT2D eigenvalue weighted by molar-refractivity contribution is 9.10. The van der Waals surface area contributed by atoms with Crippen LogP contribution in [0.25, 0.3) is 0 Å². The molecule has 2 saturated carbocycles. The fraction of sp³-hybridized carbons (Fsp3) is 0.409. The van der Waals surface area contributed by atoms with Gasteiger partial charge in [0.05, 0.1) is 11.6 Å². The van der Waals surface area contributed by atoms with Gasteiger partial charge in [-0.15, -0.1) is 0 Å². The molecule has 2 aliphatic heterocycles. The van der Waals surface area contributed by atoms with E-state index in [-0.39, 0.29) is 12.8 Å². The maximum atomic E-state index is 11.5. The van der Waals surface area contributed by atoms with Gasteiger partial charge < -0.3 is 19.9 Å². The van der Waals surface area contributed by atoms with E-state index in [1.54, 1.807) is 6.07 Å². The molecular formula is C22H20BrNO4. The second kappa shape index (κ2) is 5.89. The van der Waals surface area contributed by atoms with E-state index in [2.05, 4.69) is 27.3 Å². The van der Waals surface area contributed by atoms with Gasteiger partial charge in [-0.25, -0.2) is 4.79 Å². The van der Waals surface area contributed by atoms with Crippen LogP contribution in [0.3, 0.4) is 0 Å². The molecule has 5 nitrogen and oxygen atoms in total. The summed E-state index contributed by atoms with van der Waals surface area (Å²) in [6.07, 6.45) is 3.75. The quantitative estimate of drug-likeness (QED) is 0.672. The lowest BCUT2D eigenvalue weighted by atomic mass is 9.68. The molecule has 0 aromatic heterocycles. The molecule has 2 aromatic rings. The number of aromatic carboxylic acids is 1. The predicted octanol–water partition coefficient (Wildman–Crippen LogP) is 5.17. The summed E-state index contributed by atoms with van der Waals surface area (Å²) in [7, 11) is 0. The van der Waals surface area contributed by atoms with Crippen molar-refractivity contribution in [2.75, 3.05) is 12.1 Å². The Kier molecular flexibility index (Phi) is 3.52. The van der Waals surface area contributed by atoms with Gasteiger partial charge >= 0.3 is 5.97 Å². The molecule has 144 valence electrons. The van der Waals surface area contributed by atoms with Gasteiger partial charge in [0, 0.05) is 10.2 Å².